The molecule has 3 saturated carbocycles. The number of ketones is 1. The second kappa shape index (κ2) is 6.47. The summed E-state index contributed by atoms with van der Waals surface area (Å²) in [5.74, 6) is 2.65. The first kappa shape index (κ1) is 19.6. The molecule has 0 saturated heterocycles. The molecule has 144 valence electrons. The summed E-state index contributed by atoms with van der Waals surface area (Å²) >= 11 is 0. The number of hydrogen-bond donors (Lipinski definition) is 0. The summed E-state index contributed by atoms with van der Waals surface area (Å²) in [6, 6.07) is 0. The van der Waals surface area contributed by atoms with Crippen molar-refractivity contribution in [2.24, 2.45) is 29.1 Å². The molecule has 0 amide bonds. The van der Waals surface area contributed by atoms with E-state index in [0.717, 1.165) is 18.8 Å². The smallest absolute Gasteiger partial charge is 0.192 e. The lowest BCUT2D eigenvalue weighted by Gasteiger charge is -2.57. The fourth-order valence-corrected chi connectivity index (χ4v) is 7.27. The highest BCUT2D eigenvalue weighted by Gasteiger charge is 2.54. The van der Waals surface area contributed by atoms with Crippen molar-refractivity contribution in [3.05, 3.63) is 0 Å². The van der Waals surface area contributed by atoms with E-state index in [2.05, 4.69) is 47.7 Å². The van der Waals surface area contributed by atoms with Gasteiger partial charge in [0.15, 0.2) is 8.32 Å². The Balaban J connectivity index is 1.71. The van der Waals surface area contributed by atoms with Crippen molar-refractivity contribution < 1.29 is 9.22 Å². The average Bonchev–Trinajstić information content (AvgIpc) is 2.50. The van der Waals surface area contributed by atoms with E-state index in [1.165, 1.54) is 32.1 Å². The summed E-state index contributed by atoms with van der Waals surface area (Å²) in [4.78, 5) is 12.7. The number of fused-ring (bicyclic) bond motifs is 3. The van der Waals surface area contributed by atoms with Gasteiger partial charge in [-0.1, -0.05) is 34.6 Å². The van der Waals surface area contributed by atoms with Crippen molar-refractivity contribution in [2.75, 3.05) is 0 Å². The van der Waals surface area contributed by atoms with Gasteiger partial charge in [-0.05, 0) is 80.3 Å². The monoisotopic (exact) mass is 364 g/mol. The molecule has 0 aromatic carbocycles. The molecule has 3 heteroatoms. The summed E-state index contributed by atoms with van der Waals surface area (Å²) in [6.45, 7) is 16.5. The van der Waals surface area contributed by atoms with Gasteiger partial charge in [0, 0.05) is 17.9 Å². The van der Waals surface area contributed by atoms with Gasteiger partial charge in [-0.15, -0.1) is 0 Å². The third kappa shape index (κ3) is 3.40. The van der Waals surface area contributed by atoms with E-state index in [0.29, 0.717) is 35.1 Å². The van der Waals surface area contributed by atoms with Gasteiger partial charge in [0.2, 0.25) is 0 Å². The summed E-state index contributed by atoms with van der Waals surface area (Å²) in [6.07, 6.45) is 8.93. The lowest BCUT2D eigenvalue weighted by Crippen LogP contribution is -2.54. The van der Waals surface area contributed by atoms with Gasteiger partial charge in [-0.25, -0.2) is 0 Å². The molecule has 0 heterocycles. The van der Waals surface area contributed by atoms with Crippen LogP contribution in [-0.4, -0.2) is 20.2 Å². The number of hydrogen-bond acceptors (Lipinski definition) is 2. The highest BCUT2D eigenvalue weighted by atomic mass is 28.4. The Morgan fingerprint density at radius 2 is 1.76 bits per heavy atom. The zero-order valence-electron chi connectivity index (χ0n) is 17.7. The summed E-state index contributed by atoms with van der Waals surface area (Å²) < 4.78 is 6.78. The van der Waals surface area contributed by atoms with Crippen LogP contribution in [0.1, 0.15) is 79.6 Å². The Kier molecular flexibility index (Phi) is 5.08. The first-order chi connectivity index (χ1) is 11.5. The predicted octanol–water partition coefficient (Wildman–Crippen LogP) is 6.21. The zero-order valence-corrected chi connectivity index (χ0v) is 18.7. The molecule has 0 bridgehead atoms. The van der Waals surface area contributed by atoms with Crippen molar-refractivity contribution in [2.45, 2.75) is 104 Å². The second-order valence-electron chi connectivity index (χ2n) is 11.1. The molecule has 0 N–H and O–H groups in total. The van der Waals surface area contributed by atoms with E-state index >= 15 is 0 Å². The van der Waals surface area contributed by atoms with Gasteiger partial charge < -0.3 is 4.43 Å². The Morgan fingerprint density at radius 3 is 2.40 bits per heavy atom. The zero-order chi connectivity index (χ0) is 18.6. The first-order valence-electron chi connectivity index (χ1n) is 10.7. The topological polar surface area (TPSA) is 26.3 Å². The minimum absolute atomic E-state index is 0.289. The largest absolute Gasteiger partial charge is 0.414 e. The standard InChI is InChI=1S/C22H40O2Si/c1-15-8-11-19-18(20(15)23)10-9-16-14-17(12-13-22(16,19)5)24-25(6,7)21(2,3)4/h15-19H,8-14H2,1-7H3/t15?,16?,17?,18?,19?,22-/m0/s1. The Morgan fingerprint density at radius 1 is 1.08 bits per heavy atom. The number of carbonyl (C=O) groups excluding carboxylic acids is 1. The van der Waals surface area contributed by atoms with E-state index in [4.69, 9.17) is 4.43 Å². The lowest BCUT2D eigenvalue weighted by atomic mass is 9.48. The number of carbonyl (C=O) groups is 1. The molecule has 0 spiro atoms. The summed E-state index contributed by atoms with van der Waals surface area (Å²) in [7, 11) is -1.68. The maximum Gasteiger partial charge on any atom is 0.192 e. The van der Waals surface area contributed by atoms with Crippen LogP contribution in [0.5, 0.6) is 0 Å². The van der Waals surface area contributed by atoms with Gasteiger partial charge in [0.25, 0.3) is 0 Å². The van der Waals surface area contributed by atoms with E-state index in [1.54, 1.807) is 0 Å². The molecule has 0 aromatic rings. The molecule has 5 unspecified atom stereocenters. The maximum absolute atomic E-state index is 12.7. The van der Waals surface area contributed by atoms with Crippen LogP contribution in [0.15, 0.2) is 0 Å². The summed E-state index contributed by atoms with van der Waals surface area (Å²) in [5, 5.41) is 0.289. The molecule has 0 aliphatic heterocycles. The molecule has 3 aliphatic rings. The molecule has 6 atom stereocenters. The third-order valence-corrected chi connectivity index (χ3v) is 13.2. The van der Waals surface area contributed by atoms with Crippen LogP contribution >= 0.6 is 0 Å². The van der Waals surface area contributed by atoms with Crippen LogP contribution in [0, 0.1) is 29.1 Å². The normalized spacial score (nSPS) is 42.7. The van der Waals surface area contributed by atoms with E-state index in [9.17, 15) is 4.79 Å². The van der Waals surface area contributed by atoms with Crippen molar-refractivity contribution in [3.8, 4) is 0 Å². The molecule has 3 aliphatic carbocycles. The van der Waals surface area contributed by atoms with E-state index in [-0.39, 0.29) is 5.04 Å². The predicted molar refractivity (Wildman–Crippen MR) is 107 cm³/mol. The minimum Gasteiger partial charge on any atom is -0.414 e. The van der Waals surface area contributed by atoms with Crippen LogP contribution in [0.3, 0.4) is 0 Å². The van der Waals surface area contributed by atoms with Gasteiger partial charge in [-0.2, -0.15) is 0 Å². The van der Waals surface area contributed by atoms with Gasteiger partial charge in [0.05, 0.1) is 0 Å². The van der Waals surface area contributed by atoms with Crippen LogP contribution in [-0.2, 0) is 9.22 Å². The van der Waals surface area contributed by atoms with Crippen LogP contribution in [0.25, 0.3) is 0 Å². The van der Waals surface area contributed by atoms with Crippen LogP contribution in [0.4, 0.5) is 0 Å². The SMILES string of the molecule is CC1CCC2C(CCC3CC(O[Si](C)(C)C(C)(C)C)CC[C@@]32C)C1=O. The highest BCUT2D eigenvalue weighted by molar-refractivity contribution is 6.74. The maximum atomic E-state index is 12.7. The van der Waals surface area contributed by atoms with E-state index < -0.39 is 8.32 Å². The molecule has 3 rings (SSSR count). The molecule has 0 aromatic heterocycles. The van der Waals surface area contributed by atoms with Gasteiger partial charge >= 0.3 is 0 Å². The highest BCUT2D eigenvalue weighted by Crippen LogP contribution is 2.59. The Labute approximate surface area is 156 Å². The molecular formula is C22H40O2Si. The molecule has 2 nitrogen and oxygen atoms in total. The third-order valence-electron chi connectivity index (χ3n) is 8.67. The van der Waals surface area contributed by atoms with Crippen LogP contribution < -0.4 is 0 Å². The Bertz CT molecular complexity index is 521. The van der Waals surface area contributed by atoms with Crippen LogP contribution in [0.2, 0.25) is 18.1 Å². The number of Topliss-reactive ketones (excluding diaryl/α,β-unsaturated/α-hetero) is 1. The lowest BCUT2D eigenvalue weighted by molar-refractivity contribution is -0.144. The second-order valence-corrected chi connectivity index (χ2v) is 15.9. The molecule has 0 radical (unpaired) electrons. The quantitative estimate of drug-likeness (QED) is 0.545. The van der Waals surface area contributed by atoms with Gasteiger partial charge in [0.1, 0.15) is 5.78 Å². The van der Waals surface area contributed by atoms with Gasteiger partial charge in [-0.3, -0.25) is 4.79 Å². The Hall–Kier alpha value is -0.153. The average molecular weight is 365 g/mol. The fraction of sp³-hybridized carbons (Fsp3) is 0.955. The van der Waals surface area contributed by atoms with Crippen molar-refractivity contribution in [1.82, 2.24) is 0 Å². The van der Waals surface area contributed by atoms with Crippen molar-refractivity contribution in [3.63, 3.8) is 0 Å². The number of rotatable bonds is 2. The van der Waals surface area contributed by atoms with E-state index in [1.807, 2.05) is 0 Å². The minimum atomic E-state index is -1.68. The summed E-state index contributed by atoms with van der Waals surface area (Å²) in [5.41, 5.74) is 0.381. The molecule has 3 fully saturated rings. The molecule has 25 heavy (non-hydrogen) atoms. The van der Waals surface area contributed by atoms with Crippen molar-refractivity contribution >= 4 is 14.1 Å². The fourth-order valence-electron chi connectivity index (χ4n) is 5.87. The van der Waals surface area contributed by atoms with Crippen molar-refractivity contribution in [1.29, 1.82) is 0 Å². The first-order valence-corrected chi connectivity index (χ1v) is 13.6. The molecular weight excluding hydrogens is 324 g/mol.